The number of carboxylic acid groups (broad SMARTS) is 1. The summed E-state index contributed by atoms with van der Waals surface area (Å²) in [6.07, 6.45) is 3.31. The van der Waals surface area contributed by atoms with Gasteiger partial charge in [-0.3, -0.25) is 4.79 Å². The fraction of sp³-hybridized carbons (Fsp3) is 0.600. The SMILES string of the molecule is C/C=C(/NC(=O)C1CCC1C)C(=O)O. The highest BCUT2D eigenvalue weighted by atomic mass is 16.4. The van der Waals surface area contributed by atoms with Crippen molar-refractivity contribution in [2.45, 2.75) is 26.7 Å². The normalized spacial score (nSPS) is 26.6. The third-order valence-electron chi connectivity index (χ3n) is 2.73. The van der Waals surface area contributed by atoms with Gasteiger partial charge in [0.25, 0.3) is 0 Å². The molecule has 0 aliphatic heterocycles. The fourth-order valence-corrected chi connectivity index (χ4v) is 1.53. The highest BCUT2D eigenvalue weighted by Gasteiger charge is 2.33. The first kappa shape index (κ1) is 10.8. The Bertz CT molecular complexity index is 283. The van der Waals surface area contributed by atoms with Crippen LogP contribution in [0.25, 0.3) is 0 Å². The Morgan fingerprint density at radius 3 is 2.36 bits per heavy atom. The molecular weight excluding hydrogens is 182 g/mol. The summed E-state index contributed by atoms with van der Waals surface area (Å²) < 4.78 is 0. The van der Waals surface area contributed by atoms with Gasteiger partial charge in [-0.2, -0.15) is 0 Å². The number of carbonyl (C=O) groups is 2. The van der Waals surface area contributed by atoms with Crippen molar-refractivity contribution in [2.75, 3.05) is 0 Å². The van der Waals surface area contributed by atoms with Gasteiger partial charge < -0.3 is 10.4 Å². The summed E-state index contributed by atoms with van der Waals surface area (Å²) in [5.74, 6) is -0.890. The predicted molar refractivity (Wildman–Crippen MR) is 51.4 cm³/mol. The monoisotopic (exact) mass is 197 g/mol. The number of hydrogen-bond donors (Lipinski definition) is 2. The summed E-state index contributed by atoms with van der Waals surface area (Å²) >= 11 is 0. The van der Waals surface area contributed by atoms with Gasteiger partial charge in [0.1, 0.15) is 5.70 Å². The number of rotatable bonds is 3. The van der Waals surface area contributed by atoms with E-state index in [1.54, 1.807) is 6.92 Å². The maximum Gasteiger partial charge on any atom is 0.352 e. The van der Waals surface area contributed by atoms with E-state index in [-0.39, 0.29) is 17.5 Å². The topological polar surface area (TPSA) is 66.4 Å². The van der Waals surface area contributed by atoms with Crippen LogP contribution in [0.4, 0.5) is 0 Å². The molecule has 1 aliphatic rings. The van der Waals surface area contributed by atoms with Gasteiger partial charge in [0.05, 0.1) is 0 Å². The van der Waals surface area contributed by atoms with E-state index in [4.69, 9.17) is 5.11 Å². The molecule has 0 saturated heterocycles. The van der Waals surface area contributed by atoms with Crippen LogP contribution in [-0.2, 0) is 9.59 Å². The van der Waals surface area contributed by atoms with E-state index in [2.05, 4.69) is 5.32 Å². The number of nitrogens with one attached hydrogen (secondary N) is 1. The molecule has 4 heteroatoms. The molecule has 0 aromatic heterocycles. The zero-order valence-corrected chi connectivity index (χ0v) is 8.41. The van der Waals surface area contributed by atoms with Crippen LogP contribution in [0.2, 0.25) is 0 Å². The second-order valence-electron chi connectivity index (χ2n) is 3.66. The highest BCUT2D eigenvalue weighted by molar-refractivity contribution is 5.93. The Morgan fingerprint density at radius 2 is 2.07 bits per heavy atom. The minimum Gasteiger partial charge on any atom is -0.477 e. The molecular formula is C10H15NO3. The summed E-state index contributed by atoms with van der Waals surface area (Å²) in [7, 11) is 0. The lowest BCUT2D eigenvalue weighted by Crippen LogP contribution is -2.40. The molecule has 1 aliphatic carbocycles. The summed E-state index contributed by atoms with van der Waals surface area (Å²) in [6.45, 7) is 3.60. The largest absolute Gasteiger partial charge is 0.477 e. The first-order valence-corrected chi connectivity index (χ1v) is 4.76. The number of aliphatic carboxylic acids is 1. The van der Waals surface area contributed by atoms with Crippen LogP contribution in [0.3, 0.4) is 0 Å². The molecule has 1 saturated carbocycles. The van der Waals surface area contributed by atoms with Gasteiger partial charge in [0.15, 0.2) is 0 Å². The zero-order chi connectivity index (χ0) is 10.7. The van der Waals surface area contributed by atoms with Crippen LogP contribution < -0.4 is 5.32 Å². The number of allylic oxidation sites excluding steroid dienone is 1. The van der Waals surface area contributed by atoms with Crippen LogP contribution in [0, 0.1) is 11.8 Å². The number of hydrogen-bond acceptors (Lipinski definition) is 2. The summed E-state index contributed by atoms with van der Waals surface area (Å²) in [5.41, 5.74) is -0.0332. The molecule has 1 rings (SSSR count). The molecule has 0 spiro atoms. The van der Waals surface area contributed by atoms with E-state index in [0.717, 1.165) is 12.8 Å². The number of carboxylic acids is 1. The number of amides is 1. The molecule has 0 bridgehead atoms. The van der Waals surface area contributed by atoms with Gasteiger partial charge in [-0.05, 0) is 25.7 Å². The molecule has 2 N–H and O–H groups in total. The van der Waals surface area contributed by atoms with Gasteiger partial charge in [-0.15, -0.1) is 0 Å². The predicted octanol–water partition coefficient (Wildman–Crippen LogP) is 1.14. The summed E-state index contributed by atoms with van der Waals surface area (Å²) in [6, 6.07) is 0. The highest BCUT2D eigenvalue weighted by Crippen LogP contribution is 2.33. The third kappa shape index (κ3) is 2.13. The average molecular weight is 197 g/mol. The van der Waals surface area contributed by atoms with E-state index in [0.29, 0.717) is 5.92 Å². The van der Waals surface area contributed by atoms with Crippen LogP contribution in [0.5, 0.6) is 0 Å². The van der Waals surface area contributed by atoms with Crippen molar-refractivity contribution in [3.63, 3.8) is 0 Å². The minimum atomic E-state index is -1.09. The molecule has 0 radical (unpaired) electrons. The summed E-state index contributed by atoms with van der Waals surface area (Å²) in [5, 5.41) is 11.1. The van der Waals surface area contributed by atoms with Gasteiger partial charge >= 0.3 is 5.97 Å². The van der Waals surface area contributed by atoms with Crippen LogP contribution in [0.1, 0.15) is 26.7 Å². The second-order valence-corrected chi connectivity index (χ2v) is 3.66. The molecule has 14 heavy (non-hydrogen) atoms. The lowest BCUT2D eigenvalue weighted by Gasteiger charge is -2.32. The van der Waals surface area contributed by atoms with Crippen molar-refractivity contribution in [3.05, 3.63) is 11.8 Å². The van der Waals surface area contributed by atoms with Crippen LogP contribution in [0.15, 0.2) is 11.8 Å². The lowest BCUT2D eigenvalue weighted by atomic mass is 9.74. The average Bonchev–Trinajstić information content (AvgIpc) is 2.11. The van der Waals surface area contributed by atoms with Crippen LogP contribution in [-0.4, -0.2) is 17.0 Å². The first-order valence-electron chi connectivity index (χ1n) is 4.76. The van der Waals surface area contributed by atoms with Gasteiger partial charge in [0, 0.05) is 5.92 Å². The Labute approximate surface area is 83.0 Å². The quantitative estimate of drug-likeness (QED) is 0.667. The van der Waals surface area contributed by atoms with E-state index >= 15 is 0 Å². The molecule has 0 aromatic rings. The molecule has 0 aromatic carbocycles. The van der Waals surface area contributed by atoms with E-state index in [9.17, 15) is 9.59 Å². The van der Waals surface area contributed by atoms with Crippen molar-refractivity contribution >= 4 is 11.9 Å². The molecule has 1 amide bonds. The Kier molecular flexibility index (Phi) is 3.28. The standard InChI is InChI=1S/C10H15NO3/c1-3-8(10(13)14)11-9(12)7-5-4-6(7)2/h3,6-7H,4-5H2,1-2H3,(H,11,12)(H,13,14)/b8-3+. The molecule has 78 valence electrons. The molecule has 2 atom stereocenters. The van der Waals surface area contributed by atoms with Gasteiger partial charge in [0.2, 0.25) is 5.91 Å². The smallest absolute Gasteiger partial charge is 0.352 e. The molecule has 2 unspecified atom stereocenters. The third-order valence-corrected chi connectivity index (χ3v) is 2.73. The molecule has 1 fully saturated rings. The van der Waals surface area contributed by atoms with Crippen molar-refractivity contribution in [1.82, 2.24) is 5.32 Å². The number of carbonyl (C=O) groups excluding carboxylic acids is 1. The van der Waals surface area contributed by atoms with Gasteiger partial charge in [-0.25, -0.2) is 4.79 Å². The van der Waals surface area contributed by atoms with E-state index in [1.165, 1.54) is 6.08 Å². The first-order chi connectivity index (χ1) is 6.56. The minimum absolute atomic E-state index is 0.00991. The van der Waals surface area contributed by atoms with Crippen molar-refractivity contribution in [1.29, 1.82) is 0 Å². The van der Waals surface area contributed by atoms with E-state index < -0.39 is 5.97 Å². The maximum absolute atomic E-state index is 11.5. The maximum atomic E-state index is 11.5. The zero-order valence-electron chi connectivity index (χ0n) is 8.41. The van der Waals surface area contributed by atoms with Crippen molar-refractivity contribution < 1.29 is 14.7 Å². The Hall–Kier alpha value is -1.32. The van der Waals surface area contributed by atoms with Crippen molar-refractivity contribution in [3.8, 4) is 0 Å². The second kappa shape index (κ2) is 4.26. The van der Waals surface area contributed by atoms with E-state index in [1.807, 2.05) is 6.92 Å². The van der Waals surface area contributed by atoms with Crippen molar-refractivity contribution in [2.24, 2.45) is 11.8 Å². The Morgan fingerprint density at radius 1 is 1.43 bits per heavy atom. The summed E-state index contributed by atoms with van der Waals surface area (Å²) in [4.78, 5) is 22.1. The Balaban J connectivity index is 2.51. The molecule has 0 heterocycles. The molecule has 4 nitrogen and oxygen atoms in total. The lowest BCUT2D eigenvalue weighted by molar-refractivity contribution is -0.136. The van der Waals surface area contributed by atoms with Gasteiger partial charge in [-0.1, -0.05) is 13.0 Å². The van der Waals surface area contributed by atoms with Crippen LogP contribution >= 0.6 is 0 Å². The fourth-order valence-electron chi connectivity index (χ4n) is 1.53.